The van der Waals surface area contributed by atoms with E-state index >= 15 is 0 Å². The number of fused-ring (bicyclic) bond motifs is 1. The zero-order chi connectivity index (χ0) is 11.6. The Hall–Kier alpha value is -0.233. The second kappa shape index (κ2) is 6.09. The van der Waals surface area contributed by atoms with E-state index in [9.17, 15) is 13.0 Å². The van der Waals surface area contributed by atoms with Gasteiger partial charge in [0.1, 0.15) is 6.61 Å². The molecule has 1 N–H and O–H groups in total. The topological polar surface area (TPSA) is 87.7 Å². The van der Waals surface area contributed by atoms with Crippen molar-refractivity contribution in [1.29, 1.82) is 0 Å². The summed E-state index contributed by atoms with van der Waals surface area (Å²) < 4.78 is 41.9. The summed E-state index contributed by atoms with van der Waals surface area (Å²) in [5.74, 6) is 0.877. The number of hydrogen-bond acceptors (Lipinski definition) is 7. The Kier molecular flexibility index (Phi) is 5.31. The van der Waals surface area contributed by atoms with Crippen molar-refractivity contribution in [3.63, 3.8) is 0 Å². The molecule has 1 aromatic heterocycles. The molecule has 1 atom stereocenters. The van der Waals surface area contributed by atoms with Crippen molar-refractivity contribution < 1.29 is 41.3 Å². The predicted octanol–water partition coefficient (Wildman–Crippen LogP) is -3.02. The molecule has 0 aliphatic carbocycles. The zero-order valence-corrected chi connectivity index (χ0v) is 10.8. The molecule has 0 saturated heterocycles. The first-order valence-electron chi connectivity index (χ1n) is 4.57. The molecule has 1 aromatic rings. The molecule has 9 heteroatoms. The second-order valence-electron chi connectivity index (χ2n) is 3.23. The van der Waals surface area contributed by atoms with Gasteiger partial charge in [0.05, 0.1) is 15.9 Å². The van der Waals surface area contributed by atoms with E-state index in [2.05, 4.69) is 5.32 Å². The summed E-state index contributed by atoms with van der Waals surface area (Å²) in [7, 11) is -4.18. The van der Waals surface area contributed by atoms with Crippen molar-refractivity contribution in [3.05, 3.63) is 10.8 Å². The van der Waals surface area contributed by atoms with E-state index in [0.29, 0.717) is 18.1 Å². The predicted molar refractivity (Wildman–Crippen MR) is 56.8 cm³/mol. The fourth-order valence-corrected chi connectivity index (χ4v) is 2.30. The molecule has 0 saturated carbocycles. The zero-order valence-electron chi connectivity index (χ0n) is 9.21. The van der Waals surface area contributed by atoms with Crippen molar-refractivity contribution in [3.8, 4) is 11.5 Å². The van der Waals surface area contributed by atoms with E-state index in [0.717, 1.165) is 0 Å². The van der Waals surface area contributed by atoms with Gasteiger partial charge in [-0.05, 0) is 0 Å². The van der Waals surface area contributed by atoms with Gasteiger partial charge in [-0.2, -0.15) is 0 Å². The van der Waals surface area contributed by atoms with Gasteiger partial charge in [-0.3, -0.25) is 5.32 Å². The third-order valence-corrected chi connectivity index (χ3v) is 3.38. The van der Waals surface area contributed by atoms with Crippen LogP contribution in [0.4, 0.5) is 0 Å². The van der Waals surface area contributed by atoms with E-state index in [1.807, 2.05) is 5.38 Å². The molecule has 0 amide bonds. The van der Waals surface area contributed by atoms with Gasteiger partial charge >= 0.3 is 18.9 Å². The molecule has 2 heterocycles. The summed E-state index contributed by atoms with van der Waals surface area (Å²) in [6.07, 6.45) is -0.413. The molecule has 2 rings (SSSR count). The van der Waals surface area contributed by atoms with E-state index in [1.54, 1.807) is 5.38 Å². The molecule has 6 nitrogen and oxygen atoms in total. The number of rotatable bonds is 4. The first-order chi connectivity index (χ1) is 7.54. The second-order valence-corrected chi connectivity index (χ2v) is 5.50. The van der Waals surface area contributed by atoms with Crippen LogP contribution in [0.15, 0.2) is 10.8 Å². The third kappa shape index (κ3) is 4.50. The van der Waals surface area contributed by atoms with Gasteiger partial charge in [-0.15, -0.1) is 11.3 Å². The molecule has 1 aliphatic heterocycles. The molecule has 0 bridgehead atoms. The van der Waals surface area contributed by atoms with E-state index in [1.165, 1.54) is 11.3 Å². The van der Waals surface area contributed by atoms with Crippen LogP contribution in [0.1, 0.15) is 0 Å². The molecule has 0 radical (unpaired) electrons. The fraction of sp³-hybridized carbons (Fsp3) is 0.500. The summed E-state index contributed by atoms with van der Waals surface area (Å²) in [6, 6.07) is 0. The van der Waals surface area contributed by atoms with Crippen LogP contribution in [-0.4, -0.2) is 38.1 Å². The molecule has 1 aliphatic rings. The Morgan fingerprint density at radius 3 is 2.88 bits per heavy atom. The Morgan fingerprint density at radius 1 is 1.47 bits per heavy atom. The molecule has 17 heavy (non-hydrogen) atoms. The molecular formula is C8H10LiNO5S2. The average molecular weight is 271 g/mol. The Labute approximate surface area is 115 Å². The molecule has 1 unspecified atom stereocenters. The summed E-state index contributed by atoms with van der Waals surface area (Å²) >= 11 is 1.46. The maximum absolute atomic E-state index is 10.4. The monoisotopic (exact) mass is 271 g/mol. The molecular weight excluding hydrogens is 261 g/mol. The number of nitrogens with one attached hydrogen (secondary N) is 1. The van der Waals surface area contributed by atoms with Gasteiger partial charge in [-0.1, -0.05) is 0 Å². The van der Waals surface area contributed by atoms with Gasteiger partial charge in [0.25, 0.3) is 0 Å². The van der Waals surface area contributed by atoms with Gasteiger partial charge in [-0.25, -0.2) is 8.42 Å². The van der Waals surface area contributed by atoms with Crippen LogP contribution in [0.2, 0.25) is 0 Å². The van der Waals surface area contributed by atoms with Gasteiger partial charge in [0, 0.05) is 17.3 Å². The van der Waals surface area contributed by atoms with Crippen molar-refractivity contribution >= 4 is 21.5 Å². The van der Waals surface area contributed by atoms with Crippen LogP contribution in [0.25, 0.3) is 0 Å². The third-order valence-electron chi connectivity index (χ3n) is 1.98. The summed E-state index contributed by atoms with van der Waals surface area (Å²) in [6.45, 7) is 0.349. The molecule has 0 aromatic carbocycles. The summed E-state index contributed by atoms with van der Waals surface area (Å²) in [5.41, 5.74) is 0. The first kappa shape index (κ1) is 14.8. The smallest absolute Gasteiger partial charge is 0.748 e. The Balaban J connectivity index is 0.00000144. The molecule has 0 fully saturated rings. The van der Waals surface area contributed by atoms with Crippen molar-refractivity contribution in [2.24, 2.45) is 0 Å². The van der Waals surface area contributed by atoms with E-state index in [-0.39, 0.29) is 25.4 Å². The van der Waals surface area contributed by atoms with E-state index in [4.69, 9.17) is 9.47 Å². The van der Waals surface area contributed by atoms with Crippen molar-refractivity contribution in [2.45, 2.75) is 6.23 Å². The van der Waals surface area contributed by atoms with Crippen LogP contribution in [-0.2, 0) is 10.1 Å². The molecule has 0 spiro atoms. The minimum atomic E-state index is -4.18. The van der Waals surface area contributed by atoms with Crippen LogP contribution in [0.3, 0.4) is 0 Å². The largest absolute Gasteiger partial charge is 1.00 e. The van der Waals surface area contributed by atoms with Gasteiger partial charge < -0.3 is 14.0 Å². The van der Waals surface area contributed by atoms with Crippen LogP contribution < -0.4 is 33.7 Å². The number of ether oxygens (including phenoxy) is 2. The number of hydrogen-bond donors (Lipinski definition) is 1. The maximum atomic E-state index is 10.4. The van der Waals surface area contributed by atoms with E-state index < -0.39 is 22.1 Å². The normalized spacial score (nSPS) is 18.5. The van der Waals surface area contributed by atoms with Crippen LogP contribution in [0.5, 0.6) is 11.5 Å². The maximum Gasteiger partial charge on any atom is 1.00 e. The Morgan fingerprint density at radius 2 is 2.18 bits per heavy atom. The number of thiophene rings is 1. The Bertz CT molecular complexity index is 460. The SMILES string of the molecule is O=S(=O)([O-])CCNC1COc2cscc2O1.[Li+]. The van der Waals surface area contributed by atoms with Gasteiger partial charge in [0.15, 0.2) is 17.7 Å². The van der Waals surface area contributed by atoms with Crippen LogP contribution >= 0.6 is 11.3 Å². The van der Waals surface area contributed by atoms with Crippen molar-refractivity contribution in [1.82, 2.24) is 5.32 Å². The summed E-state index contributed by atoms with van der Waals surface area (Å²) in [4.78, 5) is 0. The summed E-state index contributed by atoms with van der Waals surface area (Å²) in [5, 5.41) is 6.41. The fourth-order valence-electron chi connectivity index (χ4n) is 1.26. The minimum Gasteiger partial charge on any atom is -0.748 e. The molecule has 90 valence electrons. The quantitative estimate of drug-likeness (QED) is 0.463. The first-order valence-corrected chi connectivity index (χ1v) is 7.09. The van der Waals surface area contributed by atoms with Crippen LogP contribution in [0, 0.1) is 0 Å². The minimum absolute atomic E-state index is 0. The van der Waals surface area contributed by atoms with Crippen molar-refractivity contribution in [2.75, 3.05) is 18.9 Å². The average Bonchev–Trinajstić information content (AvgIpc) is 2.62. The standard InChI is InChI=1S/C8H11NO5S2.Li/c10-16(11,12)2-1-9-8-3-13-6-4-15-5-7(6)14-8;/h4-5,8-9H,1-3H2,(H,10,11,12);/q;+1/p-1. The van der Waals surface area contributed by atoms with Gasteiger partial charge in [0.2, 0.25) is 0 Å².